The Morgan fingerprint density at radius 3 is 2.69 bits per heavy atom. The summed E-state index contributed by atoms with van der Waals surface area (Å²) in [7, 11) is 0. The van der Waals surface area contributed by atoms with Crippen molar-refractivity contribution in [2.24, 2.45) is 0 Å². The minimum Gasteiger partial charge on any atom is -0.465 e. The quantitative estimate of drug-likeness (QED) is 0.640. The van der Waals surface area contributed by atoms with Crippen LogP contribution in [-0.2, 0) is 27.1 Å². The fourth-order valence-electron chi connectivity index (χ4n) is 3.17. The maximum absolute atomic E-state index is 12.1. The van der Waals surface area contributed by atoms with Crippen molar-refractivity contribution in [2.45, 2.75) is 64.5 Å². The van der Waals surface area contributed by atoms with Crippen molar-refractivity contribution < 1.29 is 19.1 Å². The molecule has 0 aromatic heterocycles. The number of hydrogen-bond acceptors (Lipinski definition) is 4. The van der Waals surface area contributed by atoms with Gasteiger partial charge in [0.15, 0.2) is 0 Å². The average molecular weight is 359 g/mol. The number of rotatable bonds is 5. The summed E-state index contributed by atoms with van der Waals surface area (Å²) in [6.45, 7) is 11.4. The first kappa shape index (κ1) is 20.0. The Morgan fingerprint density at radius 1 is 1.35 bits per heavy atom. The Balaban J connectivity index is 2.10. The van der Waals surface area contributed by atoms with Crippen LogP contribution in [0.4, 0.5) is 4.79 Å². The second kappa shape index (κ2) is 8.39. The van der Waals surface area contributed by atoms with Crippen LogP contribution < -0.4 is 5.32 Å². The summed E-state index contributed by atoms with van der Waals surface area (Å²) in [5.41, 5.74) is 2.75. The summed E-state index contributed by atoms with van der Waals surface area (Å²) < 4.78 is 10.5. The van der Waals surface area contributed by atoms with Gasteiger partial charge in [-0.2, -0.15) is 0 Å². The van der Waals surface area contributed by atoms with E-state index in [-0.39, 0.29) is 12.0 Å². The molecule has 0 heterocycles. The van der Waals surface area contributed by atoms with Gasteiger partial charge in [0.2, 0.25) is 0 Å². The topological polar surface area (TPSA) is 64.6 Å². The minimum atomic E-state index is -0.513. The van der Waals surface area contributed by atoms with Crippen molar-refractivity contribution in [1.29, 1.82) is 0 Å². The van der Waals surface area contributed by atoms with Crippen LogP contribution in [-0.4, -0.2) is 30.3 Å². The van der Waals surface area contributed by atoms with Crippen LogP contribution in [0.15, 0.2) is 30.9 Å². The van der Waals surface area contributed by atoms with E-state index in [4.69, 9.17) is 9.47 Å². The molecule has 1 aromatic carbocycles. The van der Waals surface area contributed by atoms with Gasteiger partial charge in [0.05, 0.1) is 12.5 Å². The van der Waals surface area contributed by atoms with Gasteiger partial charge in [0.1, 0.15) is 5.60 Å². The molecule has 1 aromatic rings. The zero-order valence-corrected chi connectivity index (χ0v) is 16.1. The summed E-state index contributed by atoms with van der Waals surface area (Å²) in [5, 5.41) is 2.95. The van der Waals surface area contributed by atoms with Crippen molar-refractivity contribution in [2.75, 3.05) is 6.61 Å². The highest BCUT2D eigenvalue weighted by Gasteiger charge is 2.25. The van der Waals surface area contributed by atoms with Gasteiger partial charge in [-0.3, -0.25) is 4.79 Å². The summed E-state index contributed by atoms with van der Waals surface area (Å²) >= 11 is 0. The number of nitrogens with one attached hydrogen (secondary N) is 1. The molecular weight excluding hydrogens is 330 g/mol. The Morgan fingerprint density at radius 2 is 2.08 bits per heavy atom. The van der Waals surface area contributed by atoms with Crippen LogP contribution >= 0.6 is 0 Å². The van der Waals surface area contributed by atoms with E-state index in [9.17, 15) is 9.59 Å². The molecule has 1 N–H and O–H groups in total. The minimum absolute atomic E-state index is 0.0253. The number of ether oxygens (including phenoxy) is 2. The molecule has 5 nitrogen and oxygen atoms in total. The van der Waals surface area contributed by atoms with E-state index < -0.39 is 17.6 Å². The molecule has 0 saturated carbocycles. The average Bonchev–Trinajstić information content (AvgIpc) is 2.53. The van der Waals surface area contributed by atoms with Gasteiger partial charge in [-0.05, 0) is 63.6 Å². The maximum atomic E-state index is 12.1. The highest BCUT2D eigenvalue weighted by molar-refractivity contribution is 5.80. The predicted octanol–water partition coefficient (Wildman–Crippen LogP) is 3.90. The summed E-state index contributed by atoms with van der Waals surface area (Å²) in [5.74, 6) is -0.763. The predicted molar refractivity (Wildman–Crippen MR) is 101 cm³/mol. The van der Waals surface area contributed by atoms with E-state index in [1.165, 1.54) is 5.56 Å². The van der Waals surface area contributed by atoms with Crippen molar-refractivity contribution in [1.82, 2.24) is 5.32 Å². The number of fused-ring (bicyclic) bond motifs is 1. The first-order chi connectivity index (χ1) is 12.2. The molecule has 0 spiro atoms. The van der Waals surface area contributed by atoms with Crippen molar-refractivity contribution >= 4 is 12.1 Å². The third kappa shape index (κ3) is 5.35. The second-order valence-electron chi connectivity index (χ2n) is 7.58. The highest BCUT2D eigenvalue weighted by Crippen LogP contribution is 2.27. The molecule has 2 rings (SSSR count). The molecule has 0 saturated heterocycles. The fraction of sp³-hybridized carbons (Fsp3) is 0.524. The molecule has 2 unspecified atom stereocenters. The van der Waals surface area contributed by atoms with Gasteiger partial charge in [0, 0.05) is 6.04 Å². The Hall–Kier alpha value is -2.30. The molecule has 26 heavy (non-hydrogen) atoms. The standard InChI is InChI=1S/C21H29NO4/c1-6-18(19(23)25-7-2)15-9-8-14-10-11-17(13-16(14)12-15)22-20(24)26-21(3,4)5/h6,8-9,12,17-18H,1,7,10-11,13H2,2-5H3,(H,22,24). The third-order valence-corrected chi connectivity index (χ3v) is 4.31. The van der Waals surface area contributed by atoms with E-state index in [1.807, 2.05) is 32.9 Å². The zero-order valence-electron chi connectivity index (χ0n) is 16.1. The molecule has 1 aliphatic carbocycles. The number of hydrogen-bond donors (Lipinski definition) is 1. The SMILES string of the molecule is C=CC(C(=O)OCC)c1ccc2c(c1)CC(NC(=O)OC(C)(C)C)CC2. The second-order valence-corrected chi connectivity index (χ2v) is 7.58. The molecule has 0 fully saturated rings. The number of esters is 1. The first-order valence-corrected chi connectivity index (χ1v) is 9.14. The molecule has 142 valence electrons. The van der Waals surface area contributed by atoms with Crippen LogP contribution in [0.1, 0.15) is 56.7 Å². The number of amides is 1. The lowest BCUT2D eigenvalue weighted by molar-refractivity contribution is -0.143. The molecule has 1 aliphatic rings. The van der Waals surface area contributed by atoms with Crippen LogP contribution in [0.2, 0.25) is 0 Å². The number of alkyl carbamates (subject to hydrolysis) is 1. The van der Waals surface area contributed by atoms with Crippen LogP contribution in [0.3, 0.4) is 0 Å². The lowest BCUT2D eigenvalue weighted by Crippen LogP contribution is -2.41. The molecule has 0 radical (unpaired) electrons. The number of carbonyl (C=O) groups is 2. The molecule has 5 heteroatoms. The normalized spacial score (nSPS) is 17.6. The largest absolute Gasteiger partial charge is 0.465 e. The molecule has 0 aliphatic heterocycles. The van der Waals surface area contributed by atoms with E-state index in [1.54, 1.807) is 13.0 Å². The molecule has 1 amide bonds. The van der Waals surface area contributed by atoms with E-state index in [0.29, 0.717) is 6.61 Å². The summed E-state index contributed by atoms with van der Waals surface area (Å²) in [6.07, 6.45) is 3.69. The monoisotopic (exact) mass is 359 g/mol. The van der Waals surface area contributed by atoms with E-state index in [0.717, 1.165) is 30.4 Å². The van der Waals surface area contributed by atoms with Gasteiger partial charge in [-0.1, -0.05) is 24.3 Å². The summed E-state index contributed by atoms with van der Waals surface area (Å²) in [6, 6.07) is 6.08. The van der Waals surface area contributed by atoms with Crippen LogP contribution in [0.5, 0.6) is 0 Å². The van der Waals surface area contributed by atoms with Crippen LogP contribution in [0.25, 0.3) is 0 Å². The maximum Gasteiger partial charge on any atom is 0.407 e. The lowest BCUT2D eigenvalue weighted by atomic mass is 9.85. The number of benzene rings is 1. The lowest BCUT2D eigenvalue weighted by Gasteiger charge is -2.28. The Bertz CT molecular complexity index is 675. The van der Waals surface area contributed by atoms with Crippen LogP contribution in [0, 0.1) is 0 Å². The highest BCUT2D eigenvalue weighted by atomic mass is 16.6. The van der Waals surface area contributed by atoms with Crippen molar-refractivity contribution in [3.63, 3.8) is 0 Å². The summed E-state index contributed by atoms with van der Waals surface area (Å²) in [4.78, 5) is 24.1. The number of carbonyl (C=O) groups excluding carboxylic acids is 2. The van der Waals surface area contributed by atoms with Gasteiger partial charge in [-0.15, -0.1) is 6.58 Å². The Kier molecular flexibility index (Phi) is 6.46. The van der Waals surface area contributed by atoms with Crippen molar-refractivity contribution in [3.05, 3.63) is 47.5 Å². The van der Waals surface area contributed by atoms with Gasteiger partial charge >= 0.3 is 12.1 Å². The van der Waals surface area contributed by atoms with Gasteiger partial charge in [0.25, 0.3) is 0 Å². The first-order valence-electron chi connectivity index (χ1n) is 9.14. The smallest absolute Gasteiger partial charge is 0.407 e. The zero-order chi connectivity index (χ0) is 19.3. The third-order valence-electron chi connectivity index (χ3n) is 4.31. The van der Waals surface area contributed by atoms with E-state index in [2.05, 4.69) is 18.0 Å². The number of aryl methyl sites for hydroxylation is 1. The fourth-order valence-corrected chi connectivity index (χ4v) is 3.17. The molecule has 0 bridgehead atoms. The molecular formula is C21H29NO4. The Labute approximate surface area is 155 Å². The van der Waals surface area contributed by atoms with Crippen molar-refractivity contribution in [3.8, 4) is 0 Å². The van der Waals surface area contributed by atoms with Gasteiger partial charge < -0.3 is 14.8 Å². The molecule has 2 atom stereocenters. The van der Waals surface area contributed by atoms with Gasteiger partial charge in [-0.25, -0.2) is 4.79 Å². The van der Waals surface area contributed by atoms with E-state index >= 15 is 0 Å².